The Kier molecular flexibility index (Phi) is 3.79. The molecule has 1 aromatic rings. The summed E-state index contributed by atoms with van der Waals surface area (Å²) in [6.45, 7) is 5.14. The molecule has 0 heterocycles. The van der Waals surface area contributed by atoms with Crippen molar-refractivity contribution in [2.75, 3.05) is 13.2 Å². The minimum atomic E-state index is 0.699. The smallest absolute Gasteiger partial charge is 0.119 e. The lowest BCUT2D eigenvalue weighted by atomic mass is 10.0. The lowest BCUT2D eigenvalue weighted by Gasteiger charge is -2.15. The van der Waals surface area contributed by atoms with Gasteiger partial charge in [0.25, 0.3) is 0 Å². The summed E-state index contributed by atoms with van der Waals surface area (Å²) in [7, 11) is 0. The summed E-state index contributed by atoms with van der Waals surface area (Å²) in [5.41, 5.74) is 2.06. The minimum Gasteiger partial charge on any atom is -0.494 e. The highest BCUT2D eigenvalue weighted by Crippen LogP contribution is 2.60. The van der Waals surface area contributed by atoms with Crippen LogP contribution in [0, 0.1) is 11.3 Å². The third-order valence-corrected chi connectivity index (χ3v) is 4.54. The molecule has 2 aliphatic carbocycles. The van der Waals surface area contributed by atoms with Gasteiger partial charge in [-0.15, -0.1) is 0 Å². The second kappa shape index (κ2) is 5.54. The molecule has 0 aromatic heterocycles. The highest BCUT2D eigenvalue weighted by atomic mass is 16.5. The lowest BCUT2D eigenvalue weighted by molar-refractivity contribution is 0.317. The van der Waals surface area contributed by atoms with Gasteiger partial charge in [0.2, 0.25) is 0 Å². The van der Waals surface area contributed by atoms with E-state index in [9.17, 15) is 0 Å². The Labute approximate surface area is 116 Å². The van der Waals surface area contributed by atoms with Gasteiger partial charge >= 0.3 is 0 Å². The zero-order valence-corrected chi connectivity index (χ0v) is 12.0. The van der Waals surface area contributed by atoms with Gasteiger partial charge in [-0.05, 0) is 61.1 Å². The summed E-state index contributed by atoms with van der Waals surface area (Å²) >= 11 is 0. The fraction of sp³-hybridized carbons (Fsp3) is 0.647. The Hall–Kier alpha value is -1.02. The summed E-state index contributed by atoms with van der Waals surface area (Å²) < 4.78 is 5.60. The van der Waals surface area contributed by atoms with Crippen molar-refractivity contribution in [1.82, 2.24) is 5.32 Å². The second-order valence-electron chi connectivity index (χ2n) is 6.23. The van der Waals surface area contributed by atoms with Crippen LogP contribution in [0.15, 0.2) is 24.3 Å². The molecular weight excluding hydrogens is 234 g/mol. The van der Waals surface area contributed by atoms with Gasteiger partial charge in [-0.2, -0.15) is 0 Å². The summed E-state index contributed by atoms with van der Waals surface area (Å²) in [4.78, 5) is 0. The van der Waals surface area contributed by atoms with Crippen LogP contribution in [-0.4, -0.2) is 13.2 Å². The average molecular weight is 259 g/mol. The first-order chi connectivity index (χ1) is 9.32. The van der Waals surface area contributed by atoms with Crippen LogP contribution in [0.4, 0.5) is 0 Å². The van der Waals surface area contributed by atoms with Crippen LogP contribution in [0.1, 0.15) is 44.6 Å². The third kappa shape index (κ3) is 3.30. The van der Waals surface area contributed by atoms with Crippen LogP contribution in [0.3, 0.4) is 0 Å². The first-order valence-corrected chi connectivity index (χ1v) is 7.75. The molecule has 1 aromatic carbocycles. The van der Waals surface area contributed by atoms with Gasteiger partial charge in [-0.3, -0.25) is 0 Å². The fourth-order valence-corrected chi connectivity index (χ4v) is 2.96. The van der Waals surface area contributed by atoms with Crippen LogP contribution >= 0.6 is 0 Å². The lowest BCUT2D eigenvalue weighted by Crippen LogP contribution is -2.24. The molecule has 0 bridgehead atoms. The van der Waals surface area contributed by atoms with Crippen molar-refractivity contribution >= 4 is 0 Å². The molecular formula is C17H25NO. The van der Waals surface area contributed by atoms with Gasteiger partial charge in [-0.1, -0.05) is 19.1 Å². The zero-order valence-electron chi connectivity index (χ0n) is 12.0. The van der Waals surface area contributed by atoms with Gasteiger partial charge in [-0.25, -0.2) is 0 Å². The molecule has 0 atom stereocenters. The van der Waals surface area contributed by atoms with Crippen molar-refractivity contribution < 1.29 is 4.74 Å². The monoisotopic (exact) mass is 259 g/mol. The Morgan fingerprint density at radius 3 is 2.53 bits per heavy atom. The molecule has 2 fully saturated rings. The standard InChI is InChI=1S/C17H25NO/c1-2-11-19-16-7-3-14(4-8-16)12-18-13-17(9-10-17)15-5-6-15/h3-4,7-8,15,18H,2,5-6,9-13H2,1H3. The summed E-state index contributed by atoms with van der Waals surface area (Å²) in [5.74, 6) is 2.03. The second-order valence-corrected chi connectivity index (χ2v) is 6.23. The van der Waals surface area contributed by atoms with Gasteiger partial charge in [0.1, 0.15) is 5.75 Å². The van der Waals surface area contributed by atoms with Crippen LogP contribution in [0.2, 0.25) is 0 Å². The number of rotatable bonds is 8. The molecule has 2 nitrogen and oxygen atoms in total. The Bertz CT molecular complexity index is 404. The summed E-state index contributed by atoms with van der Waals surface area (Å²) in [6, 6.07) is 8.52. The van der Waals surface area contributed by atoms with E-state index < -0.39 is 0 Å². The number of nitrogens with one attached hydrogen (secondary N) is 1. The molecule has 3 rings (SSSR count). The predicted octanol–water partition coefficient (Wildman–Crippen LogP) is 3.76. The van der Waals surface area contributed by atoms with E-state index in [0.717, 1.165) is 31.2 Å². The van der Waals surface area contributed by atoms with E-state index in [1.807, 2.05) is 0 Å². The van der Waals surface area contributed by atoms with Gasteiger partial charge in [0.15, 0.2) is 0 Å². The molecule has 2 saturated carbocycles. The van der Waals surface area contributed by atoms with E-state index in [2.05, 4.69) is 36.5 Å². The molecule has 2 heteroatoms. The van der Waals surface area contributed by atoms with Gasteiger partial charge in [0.05, 0.1) is 6.61 Å². The molecule has 0 radical (unpaired) electrons. The third-order valence-electron chi connectivity index (χ3n) is 4.54. The van der Waals surface area contributed by atoms with E-state index in [4.69, 9.17) is 4.74 Å². The first-order valence-electron chi connectivity index (χ1n) is 7.75. The number of hydrogen-bond donors (Lipinski definition) is 1. The summed E-state index contributed by atoms with van der Waals surface area (Å²) in [6.07, 6.45) is 6.92. The highest BCUT2D eigenvalue weighted by molar-refractivity contribution is 5.27. The van der Waals surface area contributed by atoms with Crippen molar-refractivity contribution in [3.63, 3.8) is 0 Å². The zero-order chi connectivity index (χ0) is 13.1. The Balaban J connectivity index is 1.42. The topological polar surface area (TPSA) is 21.3 Å². The largest absolute Gasteiger partial charge is 0.494 e. The average Bonchev–Trinajstić information content (AvgIpc) is 3.29. The minimum absolute atomic E-state index is 0.699. The normalized spacial score (nSPS) is 20.3. The van der Waals surface area contributed by atoms with Crippen molar-refractivity contribution in [3.05, 3.63) is 29.8 Å². The van der Waals surface area contributed by atoms with Crippen LogP contribution in [0.25, 0.3) is 0 Å². The van der Waals surface area contributed by atoms with E-state index >= 15 is 0 Å². The number of hydrogen-bond acceptors (Lipinski definition) is 2. The van der Waals surface area contributed by atoms with E-state index in [1.165, 1.54) is 37.8 Å². The SMILES string of the molecule is CCCOc1ccc(CNCC2(C3CC3)CC2)cc1. The predicted molar refractivity (Wildman–Crippen MR) is 78.3 cm³/mol. The molecule has 0 amide bonds. The maximum absolute atomic E-state index is 5.60. The van der Waals surface area contributed by atoms with E-state index in [1.54, 1.807) is 0 Å². The molecule has 1 N–H and O–H groups in total. The maximum atomic E-state index is 5.60. The van der Waals surface area contributed by atoms with Gasteiger partial charge in [0, 0.05) is 13.1 Å². The molecule has 2 aliphatic rings. The van der Waals surface area contributed by atoms with Gasteiger partial charge < -0.3 is 10.1 Å². The first kappa shape index (κ1) is 13.0. The van der Waals surface area contributed by atoms with Crippen molar-refractivity contribution in [2.45, 2.75) is 45.6 Å². The van der Waals surface area contributed by atoms with Crippen molar-refractivity contribution in [3.8, 4) is 5.75 Å². The summed E-state index contributed by atoms with van der Waals surface area (Å²) in [5, 5.41) is 3.65. The Morgan fingerprint density at radius 1 is 1.21 bits per heavy atom. The molecule has 0 spiro atoms. The molecule has 0 unspecified atom stereocenters. The van der Waals surface area contributed by atoms with Crippen LogP contribution in [-0.2, 0) is 6.54 Å². The van der Waals surface area contributed by atoms with Crippen LogP contribution < -0.4 is 10.1 Å². The molecule has 19 heavy (non-hydrogen) atoms. The fourth-order valence-electron chi connectivity index (χ4n) is 2.96. The highest BCUT2D eigenvalue weighted by Gasteiger charge is 2.53. The maximum Gasteiger partial charge on any atom is 0.119 e. The van der Waals surface area contributed by atoms with E-state index in [0.29, 0.717) is 5.41 Å². The van der Waals surface area contributed by atoms with Crippen molar-refractivity contribution in [2.24, 2.45) is 11.3 Å². The molecule has 0 aliphatic heterocycles. The molecule has 104 valence electrons. The van der Waals surface area contributed by atoms with E-state index in [-0.39, 0.29) is 0 Å². The van der Waals surface area contributed by atoms with Crippen LogP contribution in [0.5, 0.6) is 5.75 Å². The quantitative estimate of drug-likeness (QED) is 0.767. The molecule has 0 saturated heterocycles. The Morgan fingerprint density at radius 2 is 1.95 bits per heavy atom. The van der Waals surface area contributed by atoms with Crippen molar-refractivity contribution in [1.29, 1.82) is 0 Å². The number of ether oxygens (including phenoxy) is 1. The number of benzene rings is 1.